The van der Waals surface area contributed by atoms with Crippen LogP contribution in [0.3, 0.4) is 0 Å². The molecule has 0 amide bonds. The van der Waals surface area contributed by atoms with Crippen molar-refractivity contribution < 1.29 is 0 Å². The first kappa shape index (κ1) is 15.2. The van der Waals surface area contributed by atoms with E-state index in [1.807, 2.05) is 0 Å². The summed E-state index contributed by atoms with van der Waals surface area (Å²) in [6, 6.07) is 0.686. The van der Waals surface area contributed by atoms with Crippen LogP contribution in [0.15, 0.2) is 0 Å². The van der Waals surface area contributed by atoms with Crippen LogP contribution in [0.1, 0.15) is 32.1 Å². The average Bonchev–Trinajstić information content (AvgIpc) is 2.61. The van der Waals surface area contributed by atoms with E-state index < -0.39 is 0 Å². The van der Waals surface area contributed by atoms with E-state index in [4.69, 9.17) is 5.73 Å². The fourth-order valence-corrected chi connectivity index (χ4v) is 3.86. The monoisotopic (exact) mass is 268 g/mol. The van der Waals surface area contributed by atoms with Crippen molar-refractivity contribution in [3.05, 3.63) is 0 Å². The summed E-state index contributed by atoms with van der Waals surface area (Å²) in [6.07, 6.45) is 6.41. The van der Waals surface area contributed by atoms with E-state index in [0.717, 1.165) is 6.54 Å². The number of rotatable bonds is 3. The molecule has 2 aliphatic heterocycles. The van der Waals surface area contributed by atoms with E-state index in [1.165, 1.54) is 58.3 Å². The van der Waals surface area contributed by atoms with Crippen LogP contribution in [0.25, 0.3) is 0 Å². The number of nitrogens with two attached hydrogens (primary N) is 1. The van der Waals surface area contributed by atoms with Crippen LogP contribution >= 0.6 is 0 Å². The Bertz CT molecular complexity index is 283. The predicted octanol–water partition coefficient (Wildman–Crippen LogP) is 0.826. The minimum Gasteiger partial charge on any atom is -0.329 e. The fourth-order valence-electron chi connectivity index (χ4n) is 3.86. The molecule has 112 valence electrons. The fraction of sp³-hybridized carbons (Fsp3) is 1.00. The minimum absolute atomic E-state index is 0.230. The van der Waals surface area contributed by atoms with E-state index in [1.54, 1.807) is 0 Å². The van der Waals surface area contributed by atoms with Crippen LogP contribution in [0.4, 0.5) is 0 Å². The number of nitrogens with zero attached hydrogens (tertiary/aromatic N) is 3. The summed E-state index contributed by atoms with van der Waals surface area (Å²) in [5.41, 5.74) is 6.45. The van der Waals surface area contributed by atoms with Gasteiger partial charge in [-0.2, -0.15) is 0 Å². The standard InChI is InChI=1S/C15H32N4/c1-17-10-5-7-15(13-16,8-11-17)19(3)14-6-4-9-18(2)12-14/h14H,4-13,16H2,1-3H3. The third-order valence-electron chi connectivity index (χ3n) is 5.42. The molecular weight excluding hydrogens is 236 g/mol. The van der Waals surface area contributed by atoms with Gasteiger partial charge in [-0.05, 0) is 72.9 Å². The Morgan fingerprint density at radius 2 is 1.84 bits per heavy atom. The molecule has 2 saturated heterocycles. The minimum atomic E-state index is 0.230. The Labute approximate surface area is 118 Å². The van der Waals surface area contributed by atoms with Gasteiger partial charge in [-0.15, -0.1) is 0 Å². The highest BCUT2D eigenvalue weighted by Crippen LogP contribution is 2.30. The second-order valence-corrected chi connectivity index (χ2v) is 6.75. The van der Waals surface area contributed by atoms with Crippen LogP contribution in [0.2, 0.25) is 0 Å². The summed E-state index contributed by atoms with van der Waals surface area (Å²) in [5, 5.41) is 0. The Morgan fingerprint density at radius 3 is 2.53 bits per heavy atom. The molecule has 0 saturated carbocycles. The maximum Gasteiger partial charge on any atom is 0.0344 e. The highest BCUT2D eigenvalue weighted by atomic mass is 15.3. The predicted molar refractivity (Wildman–Crippen MR) is 81.4 cm³/mol. The largest absolute Gasteiger partial charge is 0.329 e. The number of hydrogen-bond donors (Lipinski definition) is 1. The Morgan fingerprint density at radius 1 is 1.11 bits per heavy atom. The van der Waals surface area contributed by atoms with Gasteiger partial charge >= 0.3 is 0 Å². The van der Waals surface area contributed by atoms with Crippen LogP contribution in [0, 0.1) is 0 Å². The number of piperidine rings is 1. The van der Waals surface area contributed by atoms with Crippen LogP contribution < -0.4 is 5.73 Å². The zero-order valence-electron chi connectivity index (χ0n) is 13.1. The van der Waals surface area contributed by atoms with Crippen LogP contribution in [-0.2, 0) is 0 Å². The van der Waals surface area contributed by atoms with E-state index in [0.29, 0.717) is 6.04 Å². The summed E-state index contributed by atoms with van der Waals surface area (Å²) in [7, 11) is 6.80. The van der Waals surface area contributed by atoms with Crippen molar-refractivity contribution in [1.29, 1.82) is 0 Å². The van der Waals surface area contributed by atoms with Gasteiger partial charge in [-0.1, -0.05) is 0 Å². The van der Waals surface area contributed by atoms with Crippen molar-refractivity contribution >= 4 is 0 Å². The average molecular weight is 268 g/mol. The van der Waals surface area contributed by atoms with Crippen LogP contribution in [0.5, 0.6) is 0 Å². The Hall–Kier alpha value is -0.160. The third-order valence-corrected chi connectivity index (χ3v) is 5.42. The first-order chi connectivity index (χ1) is 9.07. The number of likely N-dealkylation sites (tertiary alicyclic amines) is 2. The summed E-state index contributed by atoms with van der Waals surface area (Å²) in [6.45, 7) is 5.67. The third kappa shape index (κ3) is 3.48. The summed E-state index contributed by atoms with van der Waals surface area (Å²) >= 11 is 0. The topological polar surface area (TPSA) is 35.7 Å². The van der Waals surface area contributed by atoms with Crippen molar-refractivity contribution in [3.63, 3.8) is 0 Å². The maximum atomic E-state index is 6.22. The molecule has 2 fully saturated rings. The molecule has 19 heavy (non-hydrogen) atoms. The lowest BCUT2D eigenvalue weighted by Crippen LogP contribution is -2.59. The molecule has 0 spiro atoms. The summed E-state index contributed by atoms with van der Waals surface area (Å²) < 4.78 is 0. The molecule has 0 aromatic carbocycles. The molecule has 2 aliphatic rings. The summed E-state index contributed by atoms with van der Waals surface area (Å²) in [5.74, 6) is 0. The molecule has 2 heterocycles. The smallest absolute Gasteiger partial charge is 0.0344 e. The van der Waals surface area contributed by atoms with Gasteiger partial charge in [0.2, 0.25) is 0 Å². The second kappa shape index (κ2) is 6.53. The SMILES string of the molecule is CN1CCCC(CN)(N(C)C2CCCN(C)C2)CC1. The zero-order valence-corrected chi connectivity index (χ0v) is 13.1. The zero-order chi connectivity index (χ0) is 13.9. The first-order valence-electron chi connectivity index (χ1n) is 7.87. The van der Waals surface area contributed by atoms with Crippen molar-refractivity contribution in [2.24, 2.45) is 5.73 Å². The molecule has 2 atom stereocenters. The van der Waals surface area contributed by atoms with Crippen molar-refractivity contribution in [2.45, 2.75) is 43.7 Å². The van der Waals surface area contributed by atoms with Gasteiger partial charge in [0.15, 0.2) is 0 Å². The van der Waals surface area contributed by atoms with Gasteiger partial charge in [0.25, 0.3) is 0 Å². The van der Waals surface area contributed by atoms with E-state index in [-0.39, 0.29) is 5.54 Å². The van der Waals surface area contributed by atoms with Gasteiger partial charge < -0.3 is 15.5 Å². The number of likely N-dealkylation sites (N-methyl/N-ethyl adjacent to an activating group) is 2. The normalized spacial score (nSPS) is 35.5. The van der Waals surface area contributed by atoms with Gasteiger partial charge in [0, 0.05) is 24.7 Å². The number of hydrogen-bond acceptors (Lipinski definition) is 4. The Kier molecular flexibility index (Phi) is 5.23. The first-order valence-corrected chi connectivity index (χ1v) is 7.87. The molecule has 2 unspecified atom stereocenters. The summed E-state index contributed by atoms with van der Waals surface area (Å²) in [4.78, 5) is 7.57. The molecule has 0 bridgehead atoms. The van der Waals surface area contributed by atoms with Gasteiger partial charge in [0.05, 0.1) is 0 Å². The van der Waals surface area contributed by atoms with Crippen molar-refractivity contribution in [2.75, 3.05) is 53.9 Å². The molecule has 0 aromatic rings. The quantitative estimate of drug-likeness (QED) is 0.822. The van der Waals surface area contributed by atoms with Gasteiger partial charge in [-0.25, -0.2) is 0 Å². The molecule has 2 N–H and O–H groups in total. The lowest BCUT2D eigenvalue weighted by molar-refractivity contribution is 0.0288. The molecule has 0 aliphatic carbocycles. The highest BCUT2D eigenvalue weighted by Gasteiger charge is 2.38. The highest BCUT2D eigenvalue weighted by molar-refractivity contribution is 4.96. The molecule has 4 heteroatoms. The Balaban J connectivity index is 2.06. The molecular formula is C15H32N4. The van der Waals surface area contributed by atoms with Gasteiger partial charge in [0.1, 0.15) is 0 Å². The molecule has 4 nitrogen and oxygen atoms in total. The van der Waals surface area contributed by atoms with Crippen molar-refractivity contribution in [3.8, 4) is 0 Å². The maximum absolute atomic E-state index is 6.22. The molecule has 0 aromatic heterocycles. The lowest BCUT2D eigenvalue weighted by Gasteiger charge is -2.47. The lowest BCUT2D eigenvalue weighted by atomic mass is 9.86. The second-order valence-electron chi connectivity index (χ2n) is 6.75. The van der Waals surface area contributed by atoms with Crippen molar-refractivity contribution in [1.82, 2.24) is 14.7 Å². The molecule has 2 rings (SSSR count). The van der Waals surface area contributed by atoms with Gasteiger partial charge in [-0.3, -0.25) is 4.90 Å². The molecule has 0 radical (unpaired) electrons. The van der Waals surface area contributed by atoms with E-state index in [9.17, 15) is 0 Å². The van der Waals surface area contributed by atoms with Crippen LogP contribution in [-0.4, -0.2) is 80.1 Å². The van der Waals surface area contributed by atoms with E-state index in [2.05, 4.69) is 35.8 Å². The van der Waals surface area contributed by atoms with E-state index >= 15 is 0 Å².